The number of hydrogen-bond acceptors (Lipinski definition) is 4. The van der Waals surface area contributed by atoms with Crippen molar-refractivity contribution in [1.82, 2.24) is 20.0 Å². The highest BCUT2D eigenvalue weighted by Crippen LogP contribution is 2.17. The molecule has 4 rings (SSSR count). The maximum Gasteiger partial charge on any atom is 0.272 e. The van der Waals surface area contributed by atoms with Crippen molar-refractivity contribution in [3.63, 3.8) is 0 Å². The number of aromatic nitrogens is 2. The fourth-order valence-corrected chi connectivity index (χ4v) is 2.98. The average Bonchev–Trinajstić information content (AvgIpc) is 3.34. The van der Waals surface area contributed by atoms with Crippen molar-refractivity contribution < 1.29 is 18.4 Å². The summed E-state index contributed by atoms with van der Waals surface area (Å²) in [5.41, 5.74) is 1.40. The van der Waals surface area contributed by atoms with E-state index in [4.69, 9.17) is 4.42 Å². The first kappa shape index (κ1) is 17.0. The first-order chi connectivity index (χ1) is 13.1. The molecule has 27 heavy (non-hydrogen) atoms. The number of nitrogens with zero attached hydrogens (tertiary/aromatic N) is 3. The van der Waals surface area contributed by atoms with Crippen LogP contribution in [-0.4, -0.2) is 33.0 Å². The third-order valence-electron chi connectivity index (χ3n) is 4.39. The zero-order valence-electron chi connectivity index (χ0n) is 14.4. The van der Waals surface area contributed by atoms with Crippen molar-refractivity contribution in [3.8, 4) is 0 Å². The Bertz CT molecular complexity index is 964. The highest BCUT2D eigenvalue weighted by atomic mass is 19.1. The van der Waals surface area contributed by atoms with Gasteiger partial charge in [-0.15, -0.1) is 0 Å². The smallest absolute Gasteiger partial charge is 0.272 e. The molecule has 1 aromatic carbocycles. The van der Waals surface area contributed by atoms with Gasteiger partial charge >= 0.3 is 0 Å². The van der Waals surface area contributed by atoms with Crippen molar-refractivity contribution >= 4 is 11.8 Å². The van der Waals surface area contributed by atoms with E-state index in [1.54, 1.807) is 33.8 Å². The number of fused-ring (bicyclic) bond motifs is 1. The number of furan rings is 1. The molecule has 0 spiro atoms. The zero-order valence-corrected chi connectivity index (χ0v) is 14.4. The van der Waals surface area contributed by atoms with Crippen LogP contribution in [0.15, 0.2) is 53.1 Å². The molecule has 0 saturated carbocycles. The molecule has 1 aliphatic heterocycles. The standard InChI is InChI=1S/C19H17FN4O3/c20-14-5-3-13(4-6-14)12-23-7-8-24-17(19(23)26)10-16(22-24)18(25)21-11-15-2-1-9-27-15/h1-6,9-10H,7-8,11-12H2,(H,21,25). The Morgan fingerprint density at radius 2 is 2.04 bits per heavy atom. The monoisotopic (exact) mass is 368 g/mol. The molecule has 3 aromatic rings. The maximum absolute atomic E-state index is 13.0. The minimum atomic E-state index is -0.369. The topological polar surface area (TPSA) is 80.4 Å². The third-order valence-corrected chi connectivity index (χ3v) is 4.39. The molecule has 0 unspecified atom stereocenters. The van der Waals surface area contributed by atoms with Gasteiger partial charge in [0.05, 0.1) is 19.4 Å². The molecule has 0 fully saturated rings. The first-order valence-electron chi connectivity index (χ1n) is 8.52. The highest BCUT2D eigenvalue weighted by Gasteiger charge is 2.28. The average molecular weight is 368 g/mol. The molecule has 7 nitrogen and oxygen atoms in total. The summed E-state index contributed by atoms with van der Waals surface area (Å²) in [5, 5.41) is 6.94. The van der Waals surface area contributed by atoms with Crippen molar-refractivity contribution in [3.05, 3.63) is 77.3 Å². The second-order valence-electron chi connectivity index (χ2n) is 6.25. The molecule has 1 N–H and O–H groups in total. The first-order valence-corrected chi connectivity index (χ1v) is 8.52. The molecule has 2 amide bonds. The molecule has 138 valence electrons. The van der Waals surface area contributed by atoms with Gasteiger partial charge in [-0.2, -0.15) is 5.10 Å². The normalized spacial score (nSPS) is 13.5. The molecule has 8 heteroatoms. The quantitative estimate of drug-likeness (QED) is 0.749. The number of amides is 2. The Labute approximate surface area is 154 Å². The van der Waals surface area contributed by atoms with Gasteiger partial charge in [0.2, 0.25) is 0 Å². The van der Waals surface area contributed by atoms with Gasteiger partial charge in [-0.3, -0.25) is 14.3 Å². The van der Waals surface area contributed by atoms with Crippen LogP contribution in [0.5, 0.6) is 0 Å². The van der Waals surface area contributed by atoms with Crippen molar-refractivity contribution in [2.24, 2.45) is 0 Å². The van der Waals surface area contributed by atoms with Gasteiger partial charge in [-0.25, -0.2) is 4.39 Å². The summed E-state index contributed by atoms with van der Waals surface area (Å²) in [4.78, 5) is 26.7. The van der Waals surface area contributed by atoms with Crippen LogP contribution in [0.3, 0.4) is 0 Å². The summed E-state index contributed by atoms with van der Waals surface area (Å²) in [6.45, 7) is 1.59. The Morgan fingerprint density at radius 1 is 1.22 bits per heavy atom. The van der Waals surface area contributed by atoms with Crippen LogP contribution < -0.4 is 5.32 Å². The van der Waals surface area contributed by atoms with Crippen LogP contribution in [-0.2, 0) is 19.6 Å². The largest absolute Gasteiger partial charge is 0.467 e. The number of hydrogen-bond donors (Lipinski definition) is 1. The number of nitrogens with one attached hydrogen (secondary N) is 1. The third kappa shape index (κ3) is 3.59. The van der Waals surface area contributed by atoms with E-state index in [2.05, 4.69) is 10.4 Å². The van der Waals surface area contributed by atoms with E-state index in [-0.39, 0.29) is 29.9 Å². The molecule has 0 radical (unpaired) electrons. The summed E-state index contributed by atoms with van der Waals surface area (Å²) in [5.74, 6) is -0.254. The van der Waals surface area contributed by atoms with E-state index < -0.39 is 0 Å². The van der Waals surface area contributed by atoms with Gasteiger partial charge in [-0.05, 0) is 29.8 Å². The van der Waals surface area contributed by atoms with E-state index in [0.717, 1.165) is 5.56 Å². The molecule has 3 heterocycles. The van der Waals surface area contributed by atoms with Gasteiger partial charge < -0.3 is 14.6 Å². The lowest BCUT2D eigenvalue weighted by Gasteiger charge is -2.27. The molecule has 0 bridgehead atoms. The second kappa shape index (κ2) is 7.06. The van der Waals surface area contributed by atoms with E-state index in [1.165, 1.54) is 24.5 Å². The SMILES string of the molecule is O=C(NCc1ccco1)c1cc2n(n1)CCN(Cc1ccc(F)cc1)C2=O. The fourth-order valence-electron chi connectivity index (χ4n) is 2.98. The molecule has 2 aromatic heterocycles. The number of carbonyl (C=O) groups excluding carboxylic acids is 2. The van der Waals surface area contributed by atoms with Crippen LogP contribution in [0.25, 0.3) is 0 Å². The molecule has 0 saturated heterocycles. The van der Waals surface area contributed by atoms with E-state index in [1.807, 2.05) is 0 Å². The van der Waals surface area contributed by atoms with Crippen LogP contribution in [0.4, 0.5) is 4.39 Å². The molecule has 0 atom stereocenters. The van der Waals surface area contributed by atoms with E-state index in [0.29, 0.717) is 31.1 Å². The lowest BCUT2D eigenvalue weighted by Crippen LogP contribution is -2.39. The summed E-state index contributed by atoms with van der Waals surface area (Å²) in [7, 11) is 0. The van der Waals surface area contributed by atoms with Gasteiger partial charge in [0, 0.05) is 19.2 Å². The summed E-state index contributed by atoms with van der Waals surface area (Å²) in [6.07, 6.45) is 1.53. The predicted molar refractivity (Wildman–Crippen MR) is 93.2 cm³/mol. The van der Waals surface area contributed by atoms with Crippen molar-refractivity contribution in [1.29, 1.82) is 0 Å². The number of rotatable bonds is 5. The summed E-state index contributed by atoms with van der Waals surface area (Å²) >= 11 is 0. The lowest BCUT2D eigenvalue weighted by molar-refractivity contribution is 0.0683. The van der Waals surface area contributed by atoms with E-state index >= 15 is 0 Å². The summed E-state index contributed by atoms with van der Waals surface area (Å²) in [6, 6.07) is 11.0. The van der Waals surface area contributed by atoms with E-state index in [9.17, 15) is 14.0 Å². The highest BCUT2D eigenvalue weighted by molar-refractivity contribution is 5.98. The number of carbonyl (C=O) groups is 2. The Hall–Kier alpha value is -3.42. The van der Waals surface area contributed by atoms with Crippen LogP contribution in [0, 0.1) is 5.82 Å². The Morgan fingerprint density at radius 3 is 2.78 bits per heavy atom. The molecule has 0 aliphatic carbocycles. The van der Waals surface area contributed by atoms with Crippen LogP contribution in [0.1, 0.15) is 32.3 Å². The lowest BCUT2D eigenvalue weighted by atomic mass is 10.2. The maximum atomic E-state index is 13.0. The van der Waals surface area contributed by atoms with Crippen molar-refractivity contribution in [2.45, 2.75) is 19.6 Å². The fraction of sp³-hybridized carbons (Fsp3) is 0.211. The second-order valence-corrected chi connectivity index (χ2v) is 6.25. The van der Waals surface area contributed by atoms with Crippen LogP contribution >= 0.6 is 0 Å². The van der Waals surface area contributed by atoms with Gasteiger partial charge in [0.1, 0.15) is 17.3 Å². The molecular weight excluding hydrogens is 351 g/mol. The Balaban J connectivity index is 1.45. The minimum Gasteiger partial charge on any atom is -0.467 e. The van der Waals surface area contributed by atoms with Gasteiger partial charge in [-0.1, -0.05) is 12.1 Å². The molecular formula is C19H17FN4O3. The van der Waals surface area contributed by atoms with Crippen LogP contribution in [0.2, 0.25) is 0 Å². The zero-order chi connectivity index (χ0) is 18.8. The number of halogens is 1. The van der Waals surface area contributed by atoms with Crippen molar-refractivity contribution in [2.75, 3.05) is 6.54 Å². The number of benzene rings is 1. The minimum absolute atomic E-state index is 0.188. The predicted octanol–water partition coefficient (Wildman–Crippen LogP) is 2.20. The Kier molecular flexibility index (Phi) is 4.45. The van der Waals surface area contributed by atoms with Gasteiger partial charge in [0.15, 0.2) is 5.69 Å². The molecule has 1 aliphatic rings. The van der Waals surface area contributed by atoms with Gasteiger partial charge in [0.25, 0.3) is 11.8 Å². The summed E-state index contributed by atoms with van der Waals surface area (Å²) < 4.78 is 19.8.